The van der Waals surface area contributed by atoms with E-state index in [1.807, 2.05) is 0 Å². The van der Waals surface area contributed by atoms with Gasteiger partial charge >= 0.3 is 0 Å². The number of carbonyl (C=O) groups is 1. The number of nitrogens with zero attached hydrogens (tertiary/aromatic N) is 1. The van der Waals surface area contributed by atoms with Gasteiger partial charge in [-0.1, -0.05) is 6.07 Å². The van der Waals surface area contributed by atoms with Crippen molar-refractivity contribution >= 4 is 23.1 Å². The SMILES string of the molecule is O=C(Nc1ccc2c(c1)OCCO2)c1ccc(Nc2cccc(F)c2)nc1. The lowest BCUT2D eigenvalue weighted by molar-refractivity contribution is 0.102. The summed E-state index contributed by atoms with van der Waals surface area (Å²) in [4.78, 5) is 16.6. The number of fused-ring (bicyclic) bond motifs is 1. The van der Waals surface area contributed by atoms with Crippen molar-refractivity contribution in [2.24, 2.45) is 0 Å². The third-order valence-corrected chi connectivity index (χ3v) is 3.92. The average molecular weight is 365 g/mol. The molecule has 6 nitrogen and oxygen atoms in total. The highest BCUT2D eigenvalue weighted by atomic mass is 19.1. The molecule has 0 saturated carbocycles. The molecule has 1 aromatic heterocycles. The summed E-state index contributed by atoms with van der Waals surface area (Å²) in [5.41, 5.74) is 1.58. The number of aromatic nitrogens is 1. The van der Waals surface area contributed by atoms with Gasteiger partial charge in [0.15, 0.2) is 11.5 Å². The number of pyridine rings is 1. The van der Waals surface area contributed by atoms with Crippen molar-refractivity contribution in [1.29, 1.82) is 0 Å². The molecule has 2 N–H and O–H groups in total. The maximum Gasteiger partial charge on any atom is 0.257 e. The summed E-state index contributed by atoms with van der Waals surface area (Å²) in [6.07, 6.45) is 1.45. The largest absolute Gasteiger partial charge is 0.486 e. The van der Waals surface area contributed by atoms with Crippen LogP contribution >= 0.6 is 0 Å². The van der Waals surface area contributed by atoms with Gasteiger partial charge in [0.1, 0.15) is 24.8 Å². The molecular formula is C20H16FN3O3. The molecular weight excluding hydrogens is 349 g/mol. The van der Waals surface area contributed by atoms with Crippen LogP contribution in [0.2, 0.25) is 0 Å². The molecule has 2 aromatic carbocycles. The molecule has 136 valence electrons. The third-order valence-electron chi connectivity index (χ3n) is 3.92. The van der Waals surface area contributed by atoms with Crippen LogP contribution < -0.4 is 20.1 Å². The minimum atomic E-state index is -0.338. The second-order valence-corrected chi connectivity index (χ2v) is 5.88. The first-order valence-electron chi connectivity index (χ1n) is 8.37. The molecule has 0 aliphatic carbocycles. The van der Waals surface area contributed by atoms with Crippen LogP contribution in [0, 0.1) is 5.82 Å². The Hall–Kier alpha value is -3.61. The van der Waals surface area contributed by atoms with E-state index in [2.05, 4.69) is 15.6 Å². The van der Waals surface area contributed by atoms with Crippen LogP contribution in [0.25, 0.3) is 0 Å². The number of hydrogen-bond acceptors (Lipinski definition) is 5. The predicted octanol–water partition coefficient (Wildman–Crippen LogP) is 3.99. The van der Waals surface area contributed by atoms with Gasteiger partial charge in [0, 0.05) is 23.6 Å². The number of anilines is 3. The molecule has 0 spiro atoms. The molecule has 1 aliphatic heterocycles. The fraction of sp³-hybridized carbons (Fsp3) is 0.100. The van der Waals surface area contributed by atoms with Crippen molar-refractivity contribution in [3.05, 3.63) is 72.2 Å². The number of halogens is 1. The van der Waals surface area contributed by atoms with Crippen molar-refractivity contribution in [2.45, 2.75) is 0 Å². The number of hydrogen-bond donors (Lipinski definition) is 2. The lowest BCUT2D eigenvalue weighted by Gasteiger charge is -2.19. The minimum absolute atomic E-state index is 0.295. The van der Waals surface area contributed by atoms with Crippen LogP contribution in [0.4, 0.5) is 21.6 Å². The highest BCUT2D eigenvalue weighted by Gasteiger charge is 2.13. The van der Waals surface area contributed by atoms with Crippen molar-refractivity contribution in [2.75, 3.05) is 23.8 Å². The zero-order valence-corrected chi connectivity index (χ0v) is 14.2. The van der Waals surface area contributed by atoms with Gasteiger partial charge in [0.05, 0.1) is 5.56 Å². The average Bonchev–Trinajstić information content (AvgIpc) is 2.68. The number of benzene rings is 2. The molecule has 1 amide bonds. The monoisotopic (exact) mass is 365 g/mol. The summed E-state index contributed by atoms with van der Waals surface area (Å²) in [6, 6.07) is 14.6. The number of amides is 1. The Morgan fingerprint density at radius 3 is 2.59 bits per heavy atom. The molecule has 2 heterocycles. The molecule has 0 atom stereocenters. The Morgan fingerprint density at radius 1 is 0.963 bits per heavy atom. The normalized spacial score (nSPS) is 12.3. The fourth-order valence-corrected chi connectivity index (χ4v) is 2.64. The zero-order chi connectivity index (χ0) is 18.6. The van der Waals surface area contributed by atoms with E-state index in [1.54, 1.807) is 42.5 Å². The van der Waals surface area contributed by atoms with Gasteiger partial charge < -0.3 is 20.1 Å². The first-order chi connectivity index (χ1) is 13.2. The standard InChI is InChI=1S/C20H16FN3O3/c21-14-2-1-3-15(10-14)23-19-7-4-13(12-22-19)20(25)24-16-5-6-17-18(11-16)27-9-8-26-17/h1-7,10-12H,8-9H2,(H,22,23)(H,24,25). The first kappa shape index (κ1) is 16.8. The van der Waals surface area contributed by atoms with Gasteiger partial charge in [-0.2, -0.15) is 0 Å². The Balaban J connectivity index is 1.43. The molecule has 3 aromatic rings. The fourth-order valence-electron chi connectivity index (χ4n) is 2.64. The van der Waals surface area contributed by atoms with Gasteiger partial charge in [-0.3, -0.25) is 4.79 Å². The van der Waals surface area contributed by atoms with Gasteiger partial charge in [0.2, 0.25) is 0 Å². The number of ether oxygens (including phenoxy) is 2. The quantitative estimate of drug-likeness (QED) is 0.731. The summed E-state index contributed by atoms with van der Waals surface area (Å²) in [5, 5.41) is 5.78. The lowest BCUT2D eigenvalue weighted by Crippen LogP contribution is -2.16. The van der Waals surface area contributed by atoms with E-state index >= 15 is 0 Å². The molecule has 7 heteroatoms. The van der Waals surface area contributed by atoms with Gasteiger partial charge in [-0.15, -0.1) is 0 Å². The van der Waals surface area contributed by atoms with Crippen LogP contribution in [0.1, 0.15) is 10.4 Å². The van der Waals surface area contributed by atoms with Crippen LogP contribution in [0.3, 0.4) is 0 Å². The first-order valence-corrected chi connectivity index (χ1v) is 8.37. The van der Waals surface area contributed by atoms with Crippen molar-refractivity contribution in [3.63, 3.8) is 0 Å². The smallest absolute Gasteiger partial charge is 0.257 e. The van der Waals surface area contributed by atoms with Gasteiger partial charge in [-0.25, -0.2) is 9.37 Å². The van der Waals surface area contributed by atoms with E-state index < -0.39 is 0 Å². The maximum atomic E-state index is 13.2. The summed E-state index contributed by atoms with van der Waals surface area (Å²) in [7, 11) is 0. The molecule has 0 bridgehead atoms. The minimum Gasteiger partial charge on any atom is -0.486 e. The Kier molecular flexibility index (Phi) is 4.57. The van der Waals surface area contributed by atoms with Crippen molar-refractivity contribution in [3.8, 4) is 11.5 Å². The molecule has 0 unspecified atom stereocenters. The molecule has 4 rings (SSSR count). The van der Waals surface area contributed by atoms with Crippen LogP contribution in [-0.2, 0) is 0 Å². The summed E-state index contributed by atoms with van der Waals surface area (Å²) in [6.45, 7) is 0.995. The topological polar surface area (TPSA) is 72.5 Å². The zero-order valence-electron chi connectivity index (χ0n) is 14.2. The molecule has 0 saturated heterocycles. The van der Waals surface area contributed by atoms with Gasteiger partial charge in [0.25, 0.3) is 5.91 Å². The summed E-state index contributed by atoms with van der Waals surface area (Å²) in [5.74, 6) is 1.14. The molecule has 0 radical (unpaired) electrons. The molecule has 27 heavy (non-hydrogen) atoms. The lowest BCUT2D eigenvalue weighted by atomic mass is 10.2. The van der Waals surface area contributed by atoms with Crippen LogP contribution in [0.5, 0.6) is 11.5 Å². The summed E-state index contributed by atoms with van der Waals surface area (Å²) < 4.78 is 24.2. The number of carbonyl (C=O) groups excluding carboxylic acids is 1. The van der Waals surface area contributed by atoms with E-state index in [4.69, 9.17) is 9.47 Å². The van der Waals surface area contributed by atoms with E-state index in [0.29, 0.717) is 47.5 Å². The highest BCUT2D eigenvalue weighted by molar-refractivity contribution is 6.04. The van der Waals surface area contributed by atoms with E-state index in [1.165, 1.54) is 18.3 Å². The number of nitrogens with one attached hydrogen (secondary N) is 2. The summed E-state index contributed by atoms with van der Waals surface area (Å²) >= 11 is 0. The van der Waals surface area contributed by atoms with Crippen LogP contribution in [-0.4, -0.2) is 24.1 Å². The highest BCUT2D eigenvalue weighted by Crippen LogP contribution is 2.32. The van der Waals surface area contributed by atoms with E-state index in [9.17, 15) is 9.18 Å². The van der Waals surface area contributed by atoms with Gasteiger partial charge in [-0.05, 0) is 42.5 Å². The van der Waals surface area contributed by atoms with Crippen molar-refractivity contribution < 1.29 is 18.7 Å². The maximum absolute atomic E-state index is 13.2. The Morgan fingerprint density at radius 2 is 1.81 bits per heavy atom. The second-order valence-electron chi connectivity index (χ2n) is 5.88. The number of rotatable bonds is 4. The molecule has 1 aliphatic rings. The third kappa shape index (κ3) is 3.98. The van der Waals surface area contributed by atoms with Crippen LogP contribution in [0.15, 0.2) is 60.8 Å². The van der Waals surface area contributed by atoms with E-state index in [0.717, 1.165) is 0 Å². The Bertz CT molecular complexity index is 976. The van der Waals surface area contributed by atoms with E-state index in [-0.39, 0.29) is 11.7 Å². The second kappa shape index (κ2) is 7.33. The molecule has 0 fully saturated rings. The predicted molar refractivity (Wildman–Crippen MR) is 99.3 cm³/mol. The van der Waals surface area contributed by atoms with Crippen molar-refractivity contribution in [1.82, 2.24) is 4.98 Å². The Labute approximate surface area is 155 Å².